The topological polar surface area (TPSA) is 55.3 Å². The molecular weight excluding hydrogens is 408 g/mol. The zero-order chi connectivity index (χ0) is 22.9. The highest BCUT2D eigenvalue weighted by molar-refractivity contribution is 5.95. The number of hydrogen-bond donors (Lipinski definition) is 1. The summed E-state index contributed by atoms with van der Waals surface area (Å²) in [6, 6.07) is 27.3. The predicted molar refractivity (Wildman–Crippen MR) is 132 cm³/mol. The molecule has 0 radical (unpaired) electrons. The second-order valence-corrected chi connectivity index (χ2v) is 8.16. The summed E-state index contributed by atoms with van der Waals surface area (Å²) in [5, 5.41) is 10.5. The van der Waals surface area contributed by atoms with Crippen molar-refractivity contribution < 1.29 is 5.11 Å². The van der Waals surface area contributed by atoms with E-state index >= 15 is 0 Å². The summed E-state index contributed by atoms with van der Waals surface area (Å²) in [4.78, 5) is 12.9. The van der Waals surface area contributed by atoms with E-state index < -0.39 is 0 Å². The maximum absolute atomic E-state index is 10.5. The van der Waals surface area contributed by atoms with Crippen molar-refractivity contribution in [2.45, 2.75) is 19.9 Å². The number of aromatic nitrogens is 3. The van der Waals surface area contributed by atoms with Crippen LogP contribution in [0, 0.1) is 6.57 Å². The molecule has 0 unspecified atom stereocenters. The van der Waals surface area contributed by atoms with Crippen LogP contribution in [-0.2, 0) is 0 Å². The van der Waals surface area contributed by atoms with Gasteiger partial charge in [-0.1, -0.05) is 55.1 Å². The van der Waals surface area contributed by atoms with Gasteiger partial charge in [0.25, 0.3) is 5.82 Å². The third-order valence-electron chi connectivity index (χ3n) is 5.70. The lowest BCUT2D eigenvalue weighted by Crippen LogP contribution is -2.03. The number of rotatable bonds is 4. The molecular formula is C28H22N4O. The van der Waals surface area contributed by atoms with Crippen molar-refractivity contribution in [1.29, 1.82) is 0 Å². The molecule has 5 nitrogen and oxygen atoms in total. The molecule has 0 amide bonds. The minimum absolute atomic E-state index is 0.159. The fraction of sp³-hybridized carbons (Fsp3) is 0.107. The first-order valence-electron chi connectivity index (χ1n) is 10.8. The monoisotopic (exact) mass is 430 g/mol. The predicted octanol–water partition coefficient (Wildman–Crippen LogP) is 7.27. The quantitative estimate of drug-likeness (QED) is 0.305. The summed E-state index contributed by atoms with van der Waals surface area (Å²) in [6.45, 7) is 11.5. The van der Waals surface area contributed by atoms with Gasteiger partial charge in [0.05, 0.1) is 16.6 Å². The Morgan fingerprint density at radius 3 is 2.33 bits per heavy atom. The maximum atomic E-state index is 10.5. The summed E-state index contributed by atoms with van der Waals surface area (Å²) in [7, 11) is 0. The fourth-order valence-corrected chi connectivity index (χ4v) is 4.22. The van der Waals surface area contributed by atoms with Crippen LogP contribution in [0.15, 0.2) is 84.9 Å². The zero-order valence-corrected chi connectivity index (χ0v) is 18.4. The molecule has 0 spiro atoms. The Labute approximate surface area is 192 Å². The second kappa shape index (κ2) is 8.25. The highest BCUT2D eigenvalue weighted by atomic mass is 16.3. The molecule has 5 heteroatoms. The molecule has 0 fully saturated rings. The van der Waals surface area contributed by atoms with E-state index in [2.05, 4.69) is 52.5 Å². The molecule has 33 heavy (non-hydrogen) atoms. The highest BCUT2D eigenvalue weighted by Gasteiger charge is 2.20. The molecule has 0 aliphatic rings. The van der Waals surface area contributed by atoms with Gasteiger partial charge < -0.3 is 14.5 Å². The summed E-state index contributed by atoms with van der Waals surface area (Å²) in [5.74, 6) is 1.33. The average molecular weight is 431 g/mol. The standard InChI is InChI=1S/C28H22N4O/c1-18(2)32-24-14-7-12-21(27(24)31-28(32)22-11-4-5-15-25(22)33)19-9-6-10-20(17-19)23-13-8-16-26(29-3)30-23/h4-18,33H,1-2H3. The van der Waals surface area contributed by atoms with E-state index in [1.807, 2.05) is 48.5 Å². The van der Waals surface area contributed by atoms with E-state index in [-0.39, 0.29) is 11.8 Å². The summed E-state index contributed by atoms with van der Waals surface area (Å²) >= 11 is 0. The van der Waals surface area contributed by atoms with Crippen LogP contribution in [0.1, 0.15) is 19.9 Å². The third-order valence-corrected chi connectivity index (χ3v) is 5.70. The number of para-hydroxylation sites is 2. The van der Waals surface area contributed by atoms with Gasteiger partial charge >= 0.3 is 0 Å². The molecule has 2 heterocycles. The average Bonchev–Trinajstić information content (AvgIpc) is 3.24. The highest BCUT2D eigenvalue weighted by Crippen LogP contribution is 2.37. The third kappa shape index (κ3) is 3.62. The first-order chi connectivity index (χ1) is 16.1. The van der Waals surface area contributed by atoms with Gasteiger partial charge in [0.2, 0.25) is 0 Å². The van der Waals surface area contributed by atoms with Crippen molar-refractivity contribution in [2.24, 2.45) is 0 Å². The van der Waals surface area contributed by atoms with Gasteiger partial charge in [0, 0.05) is 17.2 Å². The van der Waals surface area contributed by atoms with E-state index in [9.17, 15) is 5.11 Å². The molecule has 0 saturated heterocycles. The van der Waals surface area contributed by atoms with Crippen LogP contribution >= 0.6 is 0 Å². The van der Waals surface area contributed by atoms with Gasteiger partial charge in [-0.25, -0.2) is 4.98 Å². The van der Waals surface area contributed by atoms with Crippen LogP contribution in [0.2, 0.25) is 0 Å². The first-order valence-corrected chi connectivity index (χ1v) is 10.8. The normalized spacial score (nSPS) is 11.1. The van der Waals surface area contributed by atoms with E-state index in [4.69, 9.17) is 11.6 Å². The SMILES string of the molecule is [C-]#[N+]c1cccc(-c2cccc(-c3cccc4c3nc(-c3ccccc3O)n4C(C)C)c2)n1. The van der Waals surface area contributed by atoms with Crippen molar-refractivity contribution >= 4 is 16.9 Å². The molecule has 5 rings (SSSR count). The number of fused-ring (bicyclic) bond motifs is 1. The summed E-state index contributed by atoms with van der Waals surface area (Å²) < 4.78 is 2.17. The summed E-state index contributed by atoms with van der Waals surface area (Å²) in [6.07, 6.45) is 0. The number of imidazole rings is 1. The number of phenols is 1. The lowest BCUT2D eigenvalue weighted by atomic mass is 10.0. The molecule has 1 N–H and O–H groups in total. The lowest BCUT2D eigenvalue weighted by molar-refractivity contribution is 0.476. The maximum Gasteiger partial charge on any atom is 0.270 e. The van der Waals surface area contributed by atoms with Crippen molar-refractivity contribution in [1.82, 2.24) is 14.5 Å². The summed E-state index contributed by atoms with van der Waals surface area (Å²) in [5.41, 5.74) is 6.34. The van der Waals surface area contributed by atoms with Gasteiger partial charge in [-0.15, -0.1) is 4.98 Å². The Morgan fingerprint density at radius 1 is 0.818 bits per heavy atom. The smallest absolute Gasteiger partial charge is 0.270 e. The Kier molecular flexibility index (Phi) is 5.12. The fourth-order valence-electron chi connectivity index (χ4n) is 4.22. The minimum atomic E-state index is 0.159. The Balaban J connectivity index is 1.71. The zero-order valence-electron chi connectivity index (χ0n) is 18.4. The van der Waals surface area contributed by atoms with E-state index in [1.54, 1.807) is 12.1 Å². The van der Waals surface area contributed by atoms with Crippen LogP contribution in [0.25, 0.3) is 49.7 Å². The molecule has 0 atom stereocenters. The van der Waals surface area contributed by atoms with Crippen LogP contribution < -0.4 is 0 Å². The molecule has 160 valence electrons. The number of pyridine rings is 1. The van der Waals surface area contributed by atoms with Gasteiger partial charge in [-0.05, 0) is 55.8 Å². The molecule has 0 aliphatic heterocycles. The van der Waals surface area contributed by atoms with E-state index in [0.717, 1.165) is 39.2 Å². The van der Waals surface area contributed by atoms with Gasteiger partial charge in [-0.2, -0.15) is 0 Å². The van der Waals surface area contributed by atoms with Crippen molar-refractivity contribution in [3.63, 3.8) is 0 Å². The molecule has 0 saturated carbocycles. The minimum Gasteiger partial charge on any atom is -0.507 e. The Hall–Kier alpha value is -4.43. The Bertz CT molecular complexity index is 1530. The number of phenolic OH excluding ortho intramolecular Hbond substituents is 1. The molecule has 5 aromatic rings. The van der Waals surface area contributed by atoms with Gasteiger partial charge in [0.1, 0.15) is 11.6 Å². The van der Waals surface area contributed by atoms with Crippen molar-refractivity contribution in [2.75, 3.05) is 0 Å². The number of nitrogens with zero attached hydrogens (tertiary/aromatic N) is 4. The molecule has 0 aliphatic carbocycles. The van der Waals surface area contributed by atoms with Gasteiger partial charge in [0.15, 0.2) is 5.69 Å². The van der Waals surface area contributed by atoms with Crippen LogP contribution in [-0.4, -0.2) is 19.6 Å². The lowest BCUT2D eigenvalue weighted by Gasteiger charge is -2.14. The van der Waals surface area contributed by atoms with Crippen LogP contribution in [0.5, 0.6) is 5.75 Å². The van der Waals surface area contributed by atoms with E-state index in [1.165, 1.54) is 0 Å². The largest absolute Gasteiger partial charge is 0.507 e. The van der Waals surface area contributed by atoms with Crippen molar-refractivity contribution in [3.8, 4) is 39.5 Å². The molecule has 2 aromatic heterocycles. The second-order valence-electron chi connectivity index (χ2n) is 8.16. The number of aromatic hydroxyl groups is 1. The Morgan fingerprint density at radius 2 is 1.55 bits per heavy atom. The van der Waals surface area contributed by atoms with Crippen LogP contribution in [0.4, 0.5) is 5.82 Å². The molecule has 0 bridgehead atoms. The van der Waals surface area contributed by atoms with E-state index in [0.29, 0.717) is 11.4 Å². The molecule has 3 aromatic carbocycles. The van der Waals surface area contributed by atoms with Gasteiger partial charge in [-0.3, -0.25) is 0 Å². The number of hydrogen-bond acceptors (Lipinski definition) is 3. The number of benzene rings is 3. The van der Waals surface area contributed by atoms with Crippen molar-refractivity contribution in [3.05, 3.63) is 96.3 Å². The first kappa shape index (κ1) is 20.5. The van der Waals surface area contributed by atoms with Crippen LogP contribution in [0.3, 0.4) is 0 Å².